The number of hydrogen-bond donors (Lipinski definition) is 1. The van der Waals surface area contributed by atoms with E-state index in [1.54, 1.807) is 0 Å². The second kappa shape index (κ2) is 7.48. The molecule has 0 atom stereocenters. The molecule has 1 amide bonds. The van der Waals surface area contributed by atoms with Crippen LogP contribution in [-0.4, -0.2) is 17.0 Å². The van der Waals surface area contributed by atoms with E-state index >= 15 is 0 Å². The molecule has 0 fully saturated rings. The number of aryl methyl sites for hydroxylation is 2. The molecule has 0 aliphatic rings. The highest BCUT2D eigenvalue weighted by molar-refractivity contribution is 6.31. The second-order valence-electron chi connectivity index (χ2n) is 4.68. The minimum Gasteiger partial charge on any atom is -0.341 e. The van der Waals surface area contributed by atoms with Crippen molar-refractivity contribution in [1.82, 2.24) is 9.88 Å². The standard InChI is InChI=1S/C17H15ClN2O2/c1-2-10-19-17(22)14-7-8-16(21)20(12-14)11-9-13-5-3-4-6-15(13)18/h1,3-8,12H,9-11H2,(H,19,22). The molecular formula is C17H15ClN2O2. The van der Waals surface area contributed by atoms with E-state index in [2.05, 4.69) is 11.2 Å². The number of amides is 1. The first-order valence-corrected chi connectivity index (χ1v) is 7.15. The first-order valence-electron chi connectivity index (χ1n) is 6.77. The molecule has 1 N–H and O–H groups in total. The number of nitrogens with one attached hydrogen (secondary N) is 1. The summed E-state index contributed by atoms with van der Waals surface area (Å²) in [5.74, 6) is 2.03. The molecule has 4 nitrogen and oxygen atoms in total. The minimum atomic E-state index is -0.301. The lowest BCUT2D eigenvalue weighted by Gasteiger charge is -2.09. The lowest BCUT2D eigenvalue weighted by Crippen LogP contribution is -2.27. The third-order valence-corrected chi connectivity index (χ3v) is 3.55. The van der Waals surface area contributed by atoms with Crippen molar-refractivity contribution in [3.63, 3.8) is 0 Å². The minimum absolute atomic E-state index is 0.150. The van der Waals surface area contributed by atoms with Crippen molar-refractivity contribution in [2.45, 2.75) is 13.0 Å². The predicted molar refractivity (Wildman–Crippen MR) is 87.0 cm³/mol. The van der Waals surface area contributed by atoms with Crippen LogP contribution in [0.1, 0.15) is 15.9 Å². The van der Waals surface area contributed by atoms with Crippen LogP contribution in [-0.2, 0) is 13.0 Å². The van der Waals surface area contributed by atoms with Gasteiger partial charge < -0.3 is 9.88 Å². The van der Waals surface area contributed by atoms with Gasteiger partial charge in [0, 0.05) is 23.8 Å². The molecule has 0 aliphatic heterocycles. The largest absolute Gasteiger partial charge is 0.341 e. The van der Waals surface area contributed by atoms with Crippen LogP contribution in [0, 0.1) is 12.3 Å². The van der Waals surface area contributed by atoms with Gasteiger partial charge in [-0.3, -0.25) is 9.59 Å². The summed E-state index contributed by atoms with van der Waals surface area (Å²) in [5, 5.41) is 3.23. The van der Waals surface area contributed by atoms with Crippen molar-refractivity contribution in [3.05, 3.63) is 69.1 Å². The molecule has 0 unspecified atom stereocenters. The SMILES string of the molecule is C#CCNC(=O)c1ccc(=O)n(CCc2ccccc2Cl)c1. The van der Waals surface area contributed by atoms with Crippen LogP contribution in [0.5, 0.6) is 0 Å². The van der Waals surface area contributed by atoms with E-state index in [9.17, 15) is 9.59 Å². The molecule has 22 heavy (non-hydrogen) atoms. The zero-order valence-corrected chi connectivity index (χ0v) is 12.6. The average molecular weight is 315 g/mol. The van der Waals surface area contributed by atoms with Crippen LogP contribution >= 0.6 is 11.6 Å². The zero-order valence-electron chi connectivity index (χ0n) is 11.9. The van der Waals surface area contributed by atoms with Crippen molar-refractivity contribution in [3.8, 4) is 12.3 Å². The summed E-state index contributed by atoms with van der Waals surface area (Å²) in [5.41, 5.74) is 1.19. The number of aromatic nitrogens is 1. The highest BCUT2D eigenvalue weighted by Crippen LogP contribution is 2.15. The fourth-order valence-electron chi connectivity index (χ4n) is 2.02. The summed E-state index contributed by atoms with van der Waals surface area (Å²) in [4.78, 5) is 23.7. The molecular weight excluding hydrogens is 300 g/mol. The Hall–Kier alpha value is -2.51. The number of rotatable bonds is 5. The van der Waals surface area contributed by atoms with Gasteiger partial charge in [-0.15, -0.1) is 6.42 Å². The lowest BCUT2D eigenvalue weighted by molar-refractivity contribution is 0.0958. The smallest absolute Gasteiger partial charge is 0.253 e. The third-order valence-electron chi connectivity index (χ3n) is 3.18. The Kier molecular flexibility index (Phi) is 5.40. The number of terminal acetylenes is 1. The van der Waals surface area contributed by atoms with Crippen molar-refractivity contribution in [1.29, 1.82) is 0 Å². The fraction of sp³-hybridized carbons (Fsp3) is 0.176. The van der Waals surface area contributed by atoms with Crippen LogP contribution < -0.4 is 10.9 Å². The molecule has 5 heteroatoms. The molecule has 1 heterocycles. The van der Waals surface area contributed by atoms with Crippen LogP contribution in [0.25, 0.3) is 0 Å². The molecule has 0 bridgehead atoms. The van der Waals surface area contributed by atoms with Crippen LogP contribution in [0.15, 0.2) is 47.4 Å². The van der Waals surface area contributed by atoms with Gasteiger partial charge in [0.05, 0.1) is 12.1 Å². The van der Waals surface area contributed by atoms with E-state index in [0.717, 1.165) is 5.56 Å². The van der Waals surface area contributed by atoms with Crippen molar-refractivity contribution in [2.75, 3.05) is 6.54 Å². The number of carbonyl (C=O) groups excluding carboxylic acids is 1. The molecule has 1 aromatic carbocycles. The Balaban J connectivity index is 2.14. The Morgan fingerprint density at radius 3 is 2.77 bits per heavy atom. The monoisotopic (exact) mass is 314 g/mol. The van der Waals surface area contributed by atoms with E-state index in [4.69, 9.17) is 18.0 Å². The number of hydrogen-bond acceptors (Lipinski definition) is 2. The number of benzene rings is 1. The van der Waals surface area contributed by atoms with Crippen molar-refractivity contribution in [2.24, 2.45) is 0 Å². The molecule has 0 spiro atoms. The quantitative estimate of drug-likeness (QED) is 0.859. The molecule has 1 aromatic heterocycles. The first-order chi connectivity index (χ1) is 10.6. The van der Waals surface area contributed by atoms with Gasteiger partial charge in [0.2, 0.25) is 0 Å². The summed E-state index contributed by atoms with van der Waals surface area (Å²) in [6, 6.07) is 10.3. The van der Waals surface area contributed by atoms with Crippen molar-refractivity contribution < 1.29 is 4.79 Å². The van der Waals surface area contributed by atoms with Gasteiger partial charge in [-0.2, -0.15) is 0 Å². The van der Waals surface area contributed by atoms with Gasteiger partial charge in [0.15, 0.2) is 0 Å². The maximum absolute atomic E-state index is 11.9. The normalized spacial score (nSPS) is 10.0. The number of halogens is 1. The number of nitrogens with zero attached hydrogens (tertiary/aromatic N) is 1. The first kappa shape index (κ1) is 15.9. The summed E-state index contributed by atoms with van der Waals surface area (Å²) in [6.45, 7) is 0.594. The second-order valence-corrected chi connectivity index (χ2v) is 5.08. The van der Waals surface area contributed by atoms with Gasteiger partial charge in [-0.05, 0) is 24.1 Å². The molecule has 112 valence electrons. The zero-order chi connectivity index (χ0) is 15.9. The molecule has 2 aromatic rings. The lowest BCUT2D eigenvalue weighted by atomic mass is 10.1. The highest BCUT2D eigenvalue weighted by Gasteiger charge is 2.07. The Bertz CT molecular complexity index is 775. The maximum Gasteiger partial charge on any atom is 0.253 e. The Morgan fingerprint density at radius 2 is 2.05 bits per heavy atom. The number of carbonyl (C=O) groups is 1. The summed E-state index contributed by atoms with van der Waals surface area (Å²) < 4.78 is 1.49. The molecule has 0 aliphatic carbocycles. The van der Waals surface area contributed by atoms with E-state index in [-0.39, 0.29) is 18.0 Å². The van der Waals surface area contributed by atoms with Gasteiger partial charge in [0.1, 0.15) is 0 Å². The average Bonchev–Trinajstić information content (AvgIpc) is 2.53. The van der Waals surface area contributed by atoms with E-state index in [1.165, 1.54) is 22.9 Å². The third kappa shape index (κ3) is 4.00. The molecule has 0 saturated carbocycles. The topological polar surface area (TPSA) is 51.1 Å². The van der Waals surface area contributed by atoms with E-state index < -0.39 is 0 Å². The number of pyridine rings is 1. The van der Waals surface area contributed by atoms with Crippen LogP contribution in [0.4, 0.5) is 0 Å². The van der Waals surface area contributed by atoms with E-state index in [0.29, 0.717) is 23.6 Å². The van der Waals surface area contributed by atoms with Gasteiger partial charge in [-0.25, -0.2) is 0 Å². The molecule has 0 radical (unpaired) electrons. The summed E-state index contributed by atoms with van der Waals surface area (Å²) in [6.07, 6.45) is 7.24. The van der Waals surface area contributed by atoms with Crippen LogP contribution in [0.3, 0.4) is 0 Å². The molecule has 0 saturated heterocycles. The highest BCUT2D eigenvalue weighted by atomic mass is 35.5. The predicted octanol–water partition coefficient (Wildman–Crippen LogP) is 2.11. The fourth-order valence-corrected chi connectivity index (χ4v) is 2.25. The van der Waals surface area contributed by atoms with Gasteiger partial charge in [0.25, 0.3) is 11.5 Å². The van der Waals surface area contributed by atoms with E-state index in [1.807, 2.05) is 24.3 Å². The Morgan fingerprint density at radius 1 is 1.27 bits per heavy atom. The van der Waals surface area contributed by atoms with Gasteiger partial charge >= 0.3 is 0 Å². The van der Waals surface area contributed by atoms with Gasteiger partial charge in [-0.1, -0.05) is 35.7 Å². The maximum atomic E-state index is 11.9. The summed E-state index contributed by atoms with van der Waals surface area (Å²) >= 11 is 6.10. The Labute approximate surface area is 133 Å². The molecule has 2 rings (SSSR count). The summed E-state index contributed by atoms with van der Waals surface area (Å²) in [7, 11) is 0. The van der Waals surface area contributed by atoms with Crippen molar-refractivity contribution >= 4 is 17.5 Å². The van der Waals surface area contributed by atoms with Crippen LogP contribution in [0.2, 0.25) is 5.02 Å².